The number of hydrogen-bond acceptors (Lipinski definition) is 5. The van der Waals surface area contributed by atoms with Crippen LogP contribution in [0.2, 0.25) is 0 Å². The molecular formula is C10H8N2S3. The molecule has 0 bridgehead atoms. The molecular weight excluding hydrogens is 244 g/mol. The van der Waals surface area contributed by atoms with Crippen molar-refractivity contribution in [1.29, 1.82) is 0 Å². The molecule has 0 aliphatic heterocycles. The average molecular weight is 252 g/mol. The first-order chi connectivity index (χ1) is 7.24. The standard InChI is InChI=1S/C10H8N2S3/c1-5-7(3-9(11)13-5)8-2-6-4-12-15-10(6)14-8/h2-4H,11H2,1H3. The lowest BCUT2D eigenvalue weighted by atomic mass is 10.2. The second kappa shape index (κ2) is 3.30. The minimum atomic E-state index is 0.886. The summed E-state index contributed by atoms with van der Waals surface area (Å²) in [5.41, 5.74) is 7.07. The van der Waals surface area contributed by atoms with Gasteiger partial charge in [-0.2, -0.15) is 4.37 Å². The van der Waals surface area contributed by atoms with Crippen LogP contribution in [-0.4, -0.2) is 4.37 Å². The maximum atomic E-state index is 5.80. The number of rotatable bonds is 1. The zero-order chi connectivity index (χ0) is 10.4. The number of aryl methyl sites for hydroxylation is 1. The first-order valence-electron chi connectivity index (χ1n) is 4.44. The molecule has 5 heteroatoms. The van der Waals surface area contributed by atoms with E-state index in [2.05, 4.69) is 23.4 Å². The van der Waals surface area contributed by atoms with E-state index >= 15 is 0 Å². The third kappa shape index (κ3) is 1.47. The van der Waals surface area contributed by atoms with Crippen molar-refractivity contribution in [3.05, 3.63) is 23.2 Å². The van der Waals surface area contributed by atoms with E-state index in [-0.39, 0.29) is 0 Å². The van der Waals surface area contributed by atoms with Gasteiger partial charge in [-0.05, 0) is 30.6 Å². The zero-order valence-electron chi connectivity index (χ0n) is 7.98. The lowest BCUT2D eigenvalue weighted by molar-refractivity contribution is 1.60. The molecule has 0 saturated carbocycles. The van der Waals surface area contributed by atoms with E-state index in [0.717, 1.165) is 5.00 Å². The summed E-state index contributed by atoms with van der Waals surface area (Å²) in [5.74, 6) is 0. The fourth-order valence-electron chi connectivity index (χ4n) is 1.56. The molecule has 2 nitrogen and oxygen atoms in total. The minimum Gasteiger partial charge on any atom is -0.391 e. The van der Waals surface area contributed by atoms with Crippen molar-refractivity contribution < 1.29 is 0 Å². The lowest BCUT2D eigenvalue weighted by Gasteiger charge is -1.92. The molecule has 0 aromatic carbocycles. The van der Waals surface area contributed by atoms with Gasteiger partial charge < -0.3 is 5.73 Å². The summed E-state index contributed by atoms with van der Waals surface area (Å²) in [6, 6.07) is 4.25. The molecule has 0 fully saturated rings. The van der Waals surface area contributed by atoms with Crippen molar-refractivity contribution in [2.75, 3.05) is 5.73 Å². The van der Waals surface area contributed by atoms with Gasteiger partial charge in [0.05, 0.1) is 5.00 Å². The van der Waals surface area contributed by atoms with Crippen LogP contribution in [0.1, 0.15) is 4.88 Å². The van der Waals surface area contributed by atoms with Gasteiger partial charge in [-0.1, -0.05) is 0 Å². The van der Waals surface area contributed by atoms with Gasteiger partial charge in [0.2, 0.25) is 0 Å². The lowest BCUT2D eigenvalue weighted by Crippen LogP contribution is -1.74. The third-order valence-electron chi connectivity index (χ3n) is 2.25. The van der Waals surface area contributed by atoms with Crippen LogP contribution in [0.3, 0.4) is 0 Å². The predicted molar refractivity (Wildman–Crippen MR) is 70.0 cm³/mol. The first-order valence-corrected chi connectivity index (χ1v) is 6.85. The van der Waals surface area contributed by atoms with Crippen LogP contribution in [0.15, 0.2) is 18.3 Å². The molecule has 0 spiro atoms. The smallest absolute Gasteiger partial charge is 0.108 e. The van der Waals surface area contributed by atoms with Gasteiger partial charge in [0.25, 0.3) is 0 Å². The van der Waals surface area contributed by atoms with Crippen molar-refractivity contribution >= 4 is 48.6 Å². The molecule has 0 aliphatic carbocycles. The molecule has 0 aliphatic rings. The van der Waals surface area contributed by atoms with Crippen molar-refractivity contribution in [3.8, 4) is 10.4 Å². The molecule has 3 rings (SSSR count). The molecule has 0 saturated heterocycles. The highest BCUT2D eigenvalue weighted by atomic mass is 32.2. The number of hydrogen-bond donors (Lipinski definition) is 1. The molecule has 2 N–H and O–H groups in total. The minimum absolute atomic E-state index is 0.886. The van der Waals surface area contributed by atoms with E-state index < -0.39 is 0 Å². The van der Waals surface area contributed by atoms with E-state index in [1.807, 2.05) is 6.20 Å². The Hall–Kier alpha value is -0.910. The van der Waals surface area contributed by atoms with Gasteiger partial charge in [0.15, 0.2) is 0 Å². The normalized spacial score (nSPS) is 11.3. The van der Waals surface area contributed by atoms with E-state index in [1.165, 1.54) is 24.7 Å². The Kier molecular flexibility index (Phi) is 2.05. The molecule has 15 heavy (non-hydrogen) atoms. The molecule has 3 heterocycles. The number of aromatic nitrogens is 1. The van der Waals surface area contributed by atoms with Crippen LogP contribution in [0, 0.1) is 6.92 Å². The highest BCUT2D eigenvalue weighted by Gasteiger charge is 2.10. The summed E-state index contributed by atoms with van der Waals surface area (Å²) in [6.07, 6.45) is 1.92. The molecule has 0 amide bonds. The molecule has 3 aromatic rings. The van der Waals surface area contributed by atoms with Gasteiger partial charge in [0.1, 0.15) is 4.01 Å². The highest BCUT2D eigenvalue weighted by molar-refractivity contribution is 7.37. The quantitative estimate of drug-likeness (QED) is 0.711. The van der Waals surface area contributed by atoms with Gasteiger partial charge in [-0.25, -0.2) is 0 Å². The maximum absolute atomic E-state index is 5.80. The van der Waals surface area contributed by atoms with Crippen molar-refractivity contribution in [1.82, 2.24) is 4.37 Å². The van der Waals surface area contributed by atoms with Gasteiger partial charge in [0, 0.05) is 26.9 Å². The fourth-order valence-corrected chi connectivity index (χ4v) is 4.40. The van der Waals surface area contributed by atoms with Gasteiger partial charge >= 0.3 is 0 Å². The van der Waals surface area contributed by atoms with Crippen LogP contribution in [-0.2, 0) is 0 Å². The average Bonchev–Trinajstić information content (AvgIpc) is 2.77. The Morgan fingerprint density at radius 2 is 2.13 bits per heavy atom. The zero-order valence-corrected chi connectivity index (χ0v) is 10.4. The Balaban J connectivity index is 2.21. The Morgan fingerprint density at radius 1 is 1.27 bits per heavy atom. The molecule has 76 valence electrons. The predicted octanol–water partition coefficient (Wildman–Crippen LogP) is 3.98. The molecule has 0 unspecified atom stereocenters. The summed E-state index contributed by atoms with van der Waals surface area (Å²) in [6.45, 7) is 2.11. The summed E-state index contributed by atoms with van der Waals surface area (Å²) in [5, 5.41) is 2.13. The van der Waals surface area contributed by atoms with E-state index in [9.17, 15) is 0 Å². The fraction of sp³-hybridized carbons (Fsp3) is 0.100. The van der Waals surface area contributed by atoms with Crippen LogP contribution >= 0.6 is 34.2 Å². The van der Waals surface area contributed by atoms with E-state index in [1.54, 1.807) is 34.2 Å². The van der Waals surface area contributed by atoms with Crippen LogP contribution in [0.4, 0.5) is 5.00 Å². The van der Waals surface area contributed by atoms with Crippen molar-refractivity contribution in [2.45, 2.75) is 6.92 Å². The topological polar surface area (TPSA) is 38.9 Å². The number of nitrogens with zero attached hydrogens (tertiary/aromatic N) is 1. The number of nitrogen functional groups attached to an aromatic ring is 1. The van der Waals surface area contributed by atoms with E-state index in [4.69, 9.17) is 5.73 Å². The Morgan fingerprint density at radius 3 is 2.80 bits per heavy atom. The first kappa shape index (κ1) is 9.33. The third-order valence-corrected chi connectivity index (χ3v) is 5.20. The van der Waals surface area contributed by atoms with Gasteiger partial charge in [-0.15, -0.1) is 22.7 Å². The summed E-state index contributed by atoms with van der Waals surface area (Å²) in [4.78, 5) is 2.58. The second-order valence-corrected chi connectivity index (χ2v) is 6.70. The number of nitrogens with two attached hydrogens (primary N) is 1. The van der Waals surface area contributed by atoms with Crippen molar-refractivity contribution in [3.63, 3.8) is 0 Å². The van der Waals surface area contributed by atoms with Crippen LogP contribution in [0.25, 0.3) is 19.8 Å². The number of fused-ring (bicyclic) bond motifs is 1. The summed E-state index contributed by atoms with van der Waals surface area (Å²) < 4.78 is 5.44. The Bertz CT molecular complexity index is 589. The SMILES string of the molecule is Cc1sc(N)cc1-c1cc2cnsc2s1. The van der Waals surface area contributed by atoms with Gasteiger partial charge in [-0.3, -0.25) is 0 Å². The van der Waals surface area contributed by atoms with Crippen molar-refractivity contribution in [2.24, 2.45) is 0 Å². The Labute approximate surface area is 99.2 Å². The largest absolute Gasteiger partial charge is 0.391 e. The molecule has 0 atom stereocenters. The van der Waals surface area contributed by atoms with Crippen LogP contribution < -0.4 is 5.73 Å². The monoisotopic (exact) mass is 252 g/mol. The molecule has 3 aromatic heterocycles. The molecule has 0 radical (unpaired) electrons. The summed E-state index contributed by atoms with van der Waals surface area (Å²) >= 11 is 5.00. The number of thiophene rings is 2. The van der Waals surface area contributed by atoms with E-state index in [0.29, 0.717) is 0 Å². The highest BCUT2D eigenvalue weighted by Crippen LogP contribution is 2.40. The maximum Gasteiger partial charge on any atom is 0.108 e. The van der Waals surface area contributed by atoms with Crippen LogP contribution in [0.5, 0.6) is 0 Å². The number of anilines is 1. The second-order valence-electron chi connectivity index (χ2n) is 3.30. The summed E-state index contributed by atoms with van der Waals surface area (Å²) in [7, 11) is 0.